The number of carbonyl (C=O) groups excluding carboxylic acids is 3. The maximum absolute atomic E-state index is 12.1. The Morgan fingerprint density at radius 1 is 1.20 bits per heavy atom. The molecule has 0 saturated carbocycles. The quantitative estimate of drug-likeness (QED) is 0.818. The van der Waals surface area contributed by atoms with Crippen molar-refractivity contribution in [3.63, 3.8) is 0 Å². The Hall–Kier alpha value is -2.41. The van der Waals surface area contributed by atoms with E-state index in [1.54, 1.807) is 0 Å². The topological polar surface area (TPSA) is 92.3 Å². The van der Waals surface area contributed by atoms with Gasteiger partial charge in [0.1, 0.15) is 11.4 Å². The minimum Gasteiger partial charge on any atom is -0.323 e. The van der Waals surface area contributed by atoms with Gasteiger partial charge in [0.05, 0.1) is 5.70 Å². The molecule has 0 aromatic carbocycles. The summed E-state index contributed by atoms with van der Waals surface area (Å²) in [5.41, 5.74) is -0.0570. The lowest BCUT2D eigenvalue weighted by atomic mass is 10.0. The van der Waals surface area contributed by atoms with E-state index in [0.29, 0.717) is 6.54 Å². The van der Waals surface area contributed by atoms with Crippen LogP contribution in [0.15, 0.2) is 24.2 Å². The standard InChI is InChI=1S/C13H14N4O3/c1-17(2)6-3-10(19)16-8-7-9(18)11-12(13(8)20)15-5-4-14-11/h4-5,7H,3,6H2,1-2H3,(H,16,19). The molecule has 1 aromatic rings. The summed E-state index contributed by atoms with van der Waals surface area (Å²) in [5.74, 6) is -1.25. The zero-order valence-corrected chi connectivity index (χ0v) is 11.2. The Morgan fingerprint density at radius 2 is 1.85 bits per heavy atom. The first-order valence-corrected chi connectivity index (χ1v) is 6.05. The molecule has 0 radical (unpaired) electrons. The normalized spacial score (nSPS) is 14.1. The van der Waals surface area contributed by atoms with E-state index in [-0.39, 0.29) is 29.4 Å². The molecule has 1 heterocycles. The lowest BCUT2D eigenvalue weighted by Crippen LogP contribution is -2.33. The fourth-order valence-corrected chi connectivity index (χ4v) is 1.71. The molecule has 1 amide bonds. The van der Waals surface area contributed by atoms with E-state index < -0.39 is 11.6 Å². The highest BCUT2D eigenvalue weighted by Gasteiger charge is 2.28. The predicted molar refractivity (Wildman–Crippen MR) is 70.1 cm³/mol. The van der Waals surface area contributed by atoms with E-state index in [1.807, 2.05) is 19.0 Å². The lowest BCUT2D eigenvalue weighted by molar-refractivity contribution is -0.120. The molecule has 1 N–H and O–H groups in total. The summed E-state index contributed by atoms with van der Waals surface area (Å²) >= 11 is 0. The molecule has 1 aromatic heterocycles. The van der Waals surface area contributed by atoms with Crippen LogP contribution in [0.4, 0.5) is 0 Å². The zero-order valence-electron chi connectivity index (χ0n) is 11.2. The Bertz CT molecular complexity index is 607. The molecule has 7 heteroatoms. The van der Waals surface area contributed by atoms with E-state index in [4.69, 9.17) is 0 Å². The molecule has 20 heavy (non-hydrogen) atoms. The summed E-state index contributed by atoms with van der Waals surface area (Å²) in [4.78, 5) is 45.1. The van der Waals surface area contributed by atoms with Crippen LogP contribution in [0.3, 0.4) is 0 Å². The summed E-state index contributed by atoms with van der Waals surface area (Å²) in [6.07, 6.45) is 4.01. The Balaban J connectivity index is 2.13. The number of Topliss-reactive ketones (excluding diaryl/α,β-unsaturated/α-hetero) is 1. The van der Waals surface area contributed by atoms with Gasteiger partial charge in [0.25, 0.3) is 0 Å². The predicted octanol–water partition coefficient (Wildman–Crippen LogP) is -0.193. The number of fused-ring (bicyclic) bond motifs is 1. The highest BCUT2D eigenvalue weighted by Crippen LogP contribution is 2.15. The molecule has 0 atom stereocenters. The highest BCUT2D eigenvalue weighted by molar-refractivity contribution is 6.23. The van der Waals surface area contributed by atoms with Gasteiger partial charge in [0.2, 0.25) is 17.5 Å². The molecular weight excluding hydrogens is 260 g/mol. The van der Waals surface area contributed by atoms with Gasteiger partial charge in [-0.05, 0) is 14.1 Å². The van der Waals surface area contributed by atoms with Crippen molar-refractivity contribution in [3.8, 4) is 0 Å². The molecule has 7 nitrogen and oxygen atoms in total. The number of nitrogens with zero attached hydrogens (tertiary/aromatic N) is 3. The van der Waals surface area contributed by atoms with Crippen LogP contribution >= 0.6 is 0 Å². The smallest absolute Gasteiger partial charge is 0.230 e. The van der Waals surface area contributed by atoms with Gasteiger partial charge in [-0.3, -0.25) is 14.4 Å². The molecule has 0 unspecified atom stereocenters. The van der Waals surface area contributed by atoms with Gasteiger partial charge in [0.15, 0.2) is 0 Å². The summed E-state index contributed by atoms with van der Waals surface area (Å²) in [5, 5.41) is 2.45. The van der Waals surface area contributed by atoms with E-state index in [0.717, 1.165) is 6.08 Å². The molecule has 0 bridgehead atoms. The van der Waals surface area contributed by atoms with E-state index >= 15 is 0 Å². The molecule has 104 valence electrons. The van der Waals surface area contributed by atoms with Crippen LogP contribution in [-0.4, -0.2) is 53.0 Å². The molecular formula is C13H14N4O3. The number of nitrogens with one attached hydrogen (secondary N) is 1. The number of ketones is 2. The van der Waals surface area contributed by atoms with Gasteiger partial charge in [-0.15, -0.1) is 0 Å². The Morgan fingerprint density at radius 3 is 2.50 bits per heavy atom. The van der Waals surface area contributed by atoms with Crippen LogP contribution in [0.1, 0.15) is 27.4 Å². The van der Waals surface area contributed by atoms with Gasteiger partial charge in [-0.2, -0.15) is 0 Å². The van der Waals surface area contributed by atoms with Crippen LogP contribution in [-0.2, 0) is 4.79 Å². The van der Waals surface area contributed by atoms with Crippen molar-refractivity contribution in [3.05, 3.63) is 35.6 Å². The number of rotatable bonds is 4. The van der Waals surface area contributed by atoms with Crippen molar-refractivity contribution in [2.45, 2.75) is 6.42 Å². The second-order valence-corrected chi connectivity index (χ2v) is 4.61. The van der Waals surface area contributed by atoms with Crippen molar-refractivity contribution in [1.82, 2.24) is 20.2 Å². The molecule has 0 aliphatic heterocycles. The van der Waals surface area contributed by atoms with Crippen molar-refractivity contribution >= 4 is 17.5 Å². The Kier molecular flexibility index (Phi) is 3.99. The number of allylic oxidation sites excluding steroid dienone is 2. The third-order valence-electron chi connectivity index (χ3n) is 2.73. The molecule has 0 saturated heterocycles. The molecule has 1 aliphatic carbocycles. The summed E-state index contributed by atoms with van der Waals surface area (Å²) in [7, 11) is 3.68. The maximum Gasteiger partial charge on any atom is 0.230 e. The van der Waals surface area contributed by atoms with Gasteiger partial charge in [-0.25, -0.2) is 9.97 Å². The third-order valence-corrected chi connectivity index (χ3v) is 2.73. The number of aromatic nitrogens is 2. The maximum atomic E-state index is 12.1. The fourth-order valence-electron chi connectivity index (χ4n) is 1.71. The second kappa shape index (κ2) is 5.70. The van der Waals surface area contributed by atoms with Crippen molar-refractivity contribution in [2.75, 3.05) is 20.6 Å². The number of hydrogen-bond donors (Lipinski definition) is 1. The van der Waals surface area contributed by atoms with E-state index in [9.17, 15) is 14.4 Å². The van der Waals surface area contributed by atoms with Gasteiger partial charge >= 0.3 is 0 Å². The SMILES string of the molecule is CN(C)CCC(=O)NC1=CC(=O)c2nccnc2C1=O. The minimum absolute atomic E-state index is 0.0174. The summed E-state index contributed by atoms with van der Waals surface area (Å²) in [6.45, 7) is 0.553. The summed E-state index contributed by atoms with van der Waals surface area (Å²) in [6, 6.07) is 0. The average molecular weight is 274 g/mol. The zero-order chi connectivity index (χ0) is 14.7. The van der Waals surface area contributed by atoms with Crippen molar-refractivity contribution < 1.29 is 14.4 Å². The molecule has 0 fully saturated rings. The van der Waals surface area contributed by atoms with Crippen molar-refractivity contribution in [2.24, 2.45) is 0 Å². The molecule has 1 aliphatic rings. The second-order valence-electron chi connectivity index (χ2n) is 4.61. The van der Waals surface area contributed by atoms with Crippen LogP contribution in [0.5, 0.6) is 0 Å². The van der Waals surface area contributed by atoms with Crippen LogP contribution in [0, 0.1) is 0 Å². The van der Waals surface area contributed by atoms with Crippen LogP contribution < -0.4 is 5.32 Å². The summed E-state index contributed by atoms with van der Waals surface area (Å²) < 4.78 is 0. The Labute approximate surface area is 115 Å². The number of hydrogen-bond acceptors (Lipinski definition) is 6. The van der Waals surface area contributed by atoms with Crippen molar-refractivity contribution in [1.29, 1.82) is 0 Å². The highest BCUT2D eigenvalue weighted by atomic mass is 16.2. The van der Waals surface area contributed by atoms with Gasteiger partial charge in [-0.1, -0.05) is 0 Å². The first-order chi connectivity index (χ1) is 9.49. The first-order valence-electron chi connectivity index (χ1n) is 6.05. The molecule has 2 rings (SSSR count). The number of carbonyl (C=O) groups is 3. The first kappa shape index (κ1) is 14.0. The van der Waals surface area contributed by atoms with E-state index in [1.165, 1.54) is 12.4 Å². The minimum atomic E-state index is -0.495. The third kappa shape index (κ3) is 2.94. The van der Waals surface area contributed by atoms with Gasteiger partial charge < -0.3 is 10.2 Å². The number of amides is 1. The van der Waals surface area contributed by atoms with E-state index in [2.05, 4.69) is 15.3 Å². The van der Waals surface area contributed by atoms with Crippen LogP contribution in [0.2, 0.25) is 0 Å². The fraction of sp³-hybridized carbons (Fsp3) is 0.308. The van der Waals surface area contributed by atoms with Gasteiger partial charge in [0, 0.05) is 31.4 Å². The largest absolute Gasteiger partial charge is 0.323 e. The lowest BCUT2D eigenvalue weighted by Gasteiger charge is -2.14. The van der Waals surface area contributed by atoms with Crippen LogP contribution in [0.25, 0.3) is 0 Å². The monoisotopic (exact) mass is 274 g/mol. The average Bonchev–Trinajstić information content (AvgIpc) is 2.42. The molecule has 0 spiro atoms.